The number of nitrogens with one attached hydrogen (secondary N) is 2. The van der Waals surface area contributed by atoms with E-state index in [0.29, 0.717) is 19.5 Å². The summed E-state index contributed by atoms with van der Waals surface area (Å²) in [6, 6.07) is 32.1. The molecule has 6 atom stereocenters. The first kappa shape index (κ1) is 36.2. The predicted molar refractivity (Wildman–Crippen MR) is 193 cm³/mol. The second-order valence-electron chi connectivity index (χ2n) is 13.4. The van der Waals surface area contributed by atoms with E-state index in [1.165, 1.54) is 7.11 Å². The van der Waals surface area contributed by atoms with Crippen molar-refractivity contribution in [1.82, 2.24) is 15.5 Å². The molecule has 2 aliphatic rings. The van der Waals surface area contributed by atoms with Gasteiger partial charge >= 0.3 is 12.0 Å². The van der Waals surface area contributed by atoms with Gasteiger partial charge in [-0.3, -0.25) is 4.90 Å². The molecule has 2 saturated heterocycles. The van der Waals surface area contributed by atoms with Gasteiger partial charge in [-0.25, -0.2) is 9.59 Å². The van der Waals surface area contributed by atoms with E-state index in [0.717, 1.165) is 51.9 Å². The van der Waals surface area contributed by atoms with Gasteiger partial charge in [0.2, 0.25) is 0 Å². The highest BCUT2D eigenvalue weighted by Gasteiger charge is 2.40. The maximum Gasteiger partial charge on any atom is 0.328 e. The number of esters is 1. The van der Waals surface area contributed by atoms with Crippen LogP contribution in [0.1, 0.15) is 53.6 Å². The van der Waals surface area contributed by atoms with E-state index in [9.17, 15) is 19.8 Å². The molecule has 0 radical (unpaired) electrons. The molecule has 2 fully saturated rings. The fourth-order valence-electron chi connectivity index (χ4n) is 6.86. The molecule has 2 amide bonds. The molecule has 10 heteroatoms. The van der Waals surface area contributed by atoms with E-state index in [2.05, 4.69) is 28.5 Å². The highest BCUT2D eigenvalue weighted by atomic mass is 16.7. The van der Waals surface area contributed by atoms with Crippen LogP contribution in [-0.2, 0) is 38.6 Å². The summed E-state index contributed by atoms with van der Waals surface area (Å²) in [7, 11) is 1.31. The second kappa shape index (κ2) is 17.1. The van der Waals surface area contributed by atoms with Gasteiger partial charge in [0, 0.05) is 44.1 Å². The zero-order chi connectivity index (χ0) is 35.7. The predicted octanol–water partition coefficient (Wildman–Crippen LogP) is 5.29. The SMILES string of the molecule is COC(=O)[C@H](Cc1ccccc1)NC(=O)NCc1cccc(-c2cccc([C@@H]3O[C@H](CN4CC[C@H](O)C4)[C@H](C)[C@H](c4ccc(CO)cc4)O3)c2)c1. The van der Waals surface area contributed by atoms with E-state index in [1.54, 1.807) is 0 Å². The minimum Gasteiger partial charge on any atom is -0.467 e. The number of benzene rings is 4. The monoisotopic (exact) mass is 693 g/mol. The quantitative estimate of drug-likeness (QED) is 0.148. The molecule has 10 nitrogen and oxygen atoms in total. The van der Waals surface area contributed by atoms with Gasteiger partial charge in [-0.1, -0.05) is 97.9 Å². The molecule has 0 aliphatic carbocycles. The summed E-state index contributed by atoms with van der Waals surface area (Å²) in [6.07, 6.45) is -0.216. The van der Waals surface area contributed by atoms with Crippen molar-refractivity contribution in [3.8, 4) is 11.1 Å². The van der Waals surface area contributed by atoms with Gasteiger partial charge in [0.05, 0.1) is 32.0 Å². The number of likely N-dealkylation sites (tertiary alicyclic amines) is 1. The van der Waals surface area contributed by atoms with Crippen LogP contribution in [0.5, 0.6) is 0 Å². The van der Waals surface area contributed by atoms with Gasteiger partial charge in [-0.15, -0.1) is 0 Å². The summed E-state index contributed by atoms with van der Waals surface area (Å²) in [5, 5.41) is 25.4. The number of methoxy groups -OCH3 is 1. The lowest BCUT2D eigenvalue weighted by atomic mass is 9.90. The molecule has 0 saturated carbocycles. The third-order valence-electron chi connectivity index (χ3n) is 9.75. The standard InChI is InChI=1S/C41H47N3O7/c1-27-37(25-44-19-18-35(46)24-44)50-40(51-38(27)31-16-14-29(26-45)15-17-31)34-13-7-12-33(22-34)32-11-6-10-30(20-32)23-42-41(48)43-36(39(47)49-2)21-28-8-4-3-5-9-28/h3-17,20,22,27,35-38,40,45-46H,18-19,21,23-26H2,1-2H3,(H2,42,43,48)/t27-,35-,36-,37+,38+,40+/m0/s1. The molecule has 2 aliphatic heterocycles. The Balaban J connectivity index is 1.15. The molecule has 4 aromatic rings. The number of rotatable bonds is 12. The van der Waals surface area contributed by atoms with Crippen LogP contribution in [0.4, 0.5) is 4.79 Å². The molecule has 0 aromatic heterocycles. The van der Waals surface area contributed by atoms with Crippen LogP contribution in [-0.4, -0.2) is 72.1 Å². The number of carbonyl (C=O) groups excluding carboxylic acids is 2. The molecule has 4 N–H and O–H groups in total. The number of ether oxygens (including phenoxy) is 3. The maximum atomic E-state index is 12.9. The molecule has 0 spiro atoms. The van der Waals surface area contributed by atoms with Gasteiger partial charge in [0.1, 0.15) is 6.04 Å². The Kier molecular flexibility index (Phi) is 12.1. The molecule has 2 heterocycles. The van der Waals surface area contributed by atoms with Crippen LogP contribution in [0, 0.1) is 5.92 Å². The molecule has 6 rings (SSSR count). The van der Waals surface area contributed by atoms with Crippen molar-refractivity contribution in [2.45, 2.75) is 63.6 Å². The van der Waals surface area contributed by atoms with E-state index in [-0.39, 0.29) is 37.4 Å². The summed E-state index contributed by atoms with van der Waals surface area (Å²) in [4.78, 5) is 27.5. The number of aliphatic hydroxyl groups is 2. The van der Waals surface area contributed by atoms with Gasteiger partial charge in [-0.05, 0) is 51.9 Å². The van der Waals surface area contributed by atoms with Crippen LogP contribution in [0.15, 0.2) is 103 Å². The topological polar surface area (TPSA) is 130 Å². The maximum absolute atomic E-state index is 12.9. The second-order valence-corrected chi connectivity index (χ2v) is 13.4. The van der Waals surface area contributed by atoms with Crippen molar-refractivity contribution in [3.05, 3.63) is 131 Å². The van der Waals surface area contributed by atoms with E-state index in [4.69, 9.17) is 14.2 Å². The highest BCUT2D eigenvalue weighted by molar-refractivity contribution is 5.83. The molecule has 4 aromatic carbocycles. The number of amides is 2. The average Bonchev–Trinajstić information content (AvgIpc) is 3.58. The lowest BCUT2D eigenvalue weighted by Gasteiger charge is -2.42. The Bertz CT molecular complexity index is 1750. The van der Waals surface area contributed by atoms with Crippen LogP contribution in [0.25, 0.3) is 11.1 Å². The zero-order valence-electron chi connectivity index (χ0n) is 29.1. The van der Waals surface area contributed by atoms with E-state index in [1.807, 2.05) is 97.1 Å². The summed E-state index contributed by atoms with van der Waals surface area (Å²) >= 11 is 0. The van der Waals surface area contributed by atoms with Crippen LogP contribution < -0.4 is 10.6 Å². The lowest BCUT2D eigenvalue weighted by molar-refractivity contribution is -0.276. The first-order valence-electron chi connectivity index (χ1n) is 17.6. The molecule has 0 unspecified atom stereocenters. The van der Waals surface area contributed by atoms with Gasteiger partial charge in [0.25, 0.3) is 0 Å². The van der Waals surface area contributed by atoms with Crippen molar-refractivity contribution >= 4 is 12.0 Å². The average molecular weight is 694 g/mol. The highest BCUT2D eigenvalue weighted by Crippen LogP contribution is 2.42. The summed E-state index contributed by atoms with van der Waals surface area (Å²) < 4.78 is 18.3. The van der Waals surface area contributed by atoms with Crippen molar-refractivity contribution in [2.24, 2.45) is 5.92 Å². The summed E-state index contributed by atoms with van der Waals surface area (Å²) in [5.41, 5.74) is 6.50. The van der Waals surface area contributed by atoms with Gasteiger partial charge in [-0.2, -0.15) is 0 Å². The number of nitrogens with zero attached hydrogens (tertiary/aromatic N) is 1. The van der Waals surface area contributed by atoms with E-state index >= 15 is 0 Å². The normalized spacial score (nSPS) is 22.6. The van der Waals surface area contributed by atoms with Crippen molar-refractivity contribution in [3.63, 3.8) is 0 Å². The van der Waals surface area contributed by atoms with Crippen molar-refractivity contribution in [1.29, 1.82) is 0 Å². The van der Waals surface area contributed by atoms with Gasteiger partial charge < -0.3 is 35.1 Å². The third-order valence-corrected chi connectivity index (χ3v) is 9.75. The number of hydrogen-bond donors (Lipinski definition) is 4. The number of urea groups is 1. The first-order chi connectivity index (χ1) is 24.8. The zero-order valence-corrected chi connectivity index (χ0v) is 29.1. The Morgan fingerprint density at radius 2 is 1.61 bits per heavy atom. The molecule has 51 heavy (non-hydrogen) atoms. The molecule has 0 bridgehead atoms. The fourth-order valence-corrected chi connectivity index (χ4v) is 6.86. The fraction of sp³-hybridized carbons (Fsp3) is 0.366. The molecular weight excluding hydrogens is 646 g/mol. The number of carbonyl (C=O) groups is 2. The number of hydrogen-bond acceptors (Lipinski definition) is 8. The van der Waals surface area contributed by atoms with Gasteiger partial charge in [0.15, 0.2) is 6.29 Å². The van der Waals surface area contributed by atoms with Crippen molar-refractivity contribution in [2.75, 3.05) is 26.7 Å². The number of aliphatic hydroxyl groups excluding tert-OH is 2. The Labute approximate surface area is 299 Å². The number of β-amino-alcohol motifs (C(OH)–C–C–N with tert-alkyl or cyclic N) is 1. The first-order valence-corrected chi connectivity index (χ1v) is 17.6. The van der Waals surface area contributed by atoms with Crippen molar-refractivity contribution < 1.29 is 34.0 Å². The Hall–Kier alpha value is -4.58. The summed E-state index contributed by atoms with van der Waals surface area (Å²) in [6.45, 7) is 4.54. The molecular formula is C41H47N3O7. The van der Waals surface area contributed by atoms with Crippen LogP contribution >= 0.6 is 0 Å². The van der Waals surface area contributed by atoms with E-state index < -0.39 is 24.3 Å². The Morgan fingerprint density at radius 3 is 2.31 bits per heavy atom. The molecule has 268 valence electrons. The minimum atomic E-state index is -0.820. The minimum absolute atomic E-state index is 0.0190. The lowest BCUT2D eigenvalue weighted by Crippen LogP contribution is -2.47. The largest absolute Gasteiger partial charge is 0.467 e. The Morgan fingerprint density at radius 1 is 0.882 bits per heavy atom. The van der Waals surface area contributed by atoms with Crippen LogP contribution in [0.3, 0.4) is 0 Å². The van der Waals surface area contributed by atoms with Crippen LogP contribution in [0.2, 0.25) is 0 Å². The summed E-state index contributed by atoms with van der Waals surface area (Å²) in [5.74, 6) is -0.465. The smallest absolute Gasteiger partial charge is 0.328 e. The third kappa shape index (κ3) is 9.40.